The summed E-state index contributed by atoms with van der Waals surface area (Å²) in [5, 5.41) is 8.85. The van der Waals surface area contributed by atoms with Crippen molar-refractivity contribution in [1.82, 2.24) is 0 Å². The molecule has 1 rings (SSSR count). The van der Waals surface area contributed by atoms with Crippen LogP contribution in [-0.4, -0.2) is 38.4 Å². The third-order valence-electron chi connectivity index (χ3n) is 2.89. The van der Waals surface area contributed by atoms with E-state index >= 15 is 0 Å². The molecular weight excluding hydrogens is 276 g/mol. The van der Waals surface area contributed by atoms with Gasteiger partial charge in [-0.3, -0.25) is 0 Å². The van der Waals surface area contributed by atoms with Gasteiger partial charge in [0.05, 0.1) is 21.3 Å². The molecule has 0 spiro atoms. The maximum Gasteiger partial charge on any atom is 0.334 e. The molecule has 1 N–H and O–H groups in total. The summed E-state index contributed by atoms with van der Waals surface area (Å²) in [7, 11) is 4.24. The largest absolute Gasteiger partial charge is 0.497 e. The first kappa shape index (κ1) is 16.6. The number of aryl methyl sites for hydroxylation is 1. The SMILES string of the molecule is COC(=O)C(=CC(=O)O)Cc1cc(OC)cc(C)c1OC. The van der Waals surface area contributed by atoms with Gasteiger partial charge in [-0.1, -0.05) is 0 Å². The van der Waals surface area contributed by atoms with Gasteiger partial charge in [0.2, 0.25) is 0 Å². The first-order chi connectivity index (χ1) is 9.92. The Bertz CT molecular complexity index is 574. The highest BCUT2D eigenvalue weighted by molar-refractivity contribution is 5.96. The molecule has 1 aromatic rings. The molecule has 0 saturated carbocycles. The molecule has 0 aromatic heterocycles. The number of carboxylic acid groups (broad SMARTS) is 1. The number of benzene rings is 1. The second-order valence-corrected chi connectivity index (χ2v) is 4.31. The maximum atomic E-state index is 11.7. The van der Waals surface area contributed by atoms with Gasteiger partial charge in [-0.05, 0) is 24.6 Å². The summed E-state index contributed by atoms with van der Waals surface area (Å²) >= 11 is 0. The molecule has 0 bridgehead atoms. The summed E-state index contributed by atoms with van der Waals surface area (Å²) in [6, 6.07) is 3.49. The molecule has 1 aromatic carbocycles. The van der Waals surface area contributed by atoms with Crippen LogP contribution in [0.3, 0.4) is 0 Å². The molecule has 114 valence electrons. The van der Waals surface area contributed by atoms with Gasteiger partial charge >= 0.3 is 11.9 Å². The molecule has 0 saturated heterocycles. The molecule has 0 unspecified atom stereocenters. The number of esters is 1. The van der Waals surface area contributed by atoms with E-state index in [1.54, 1.807) is 12.1 Å². The van der Waals surface area contributed by atoms with Gasteiger partial charge in [-0.2, -0.15) is 0 Å². The minimum atomic E-state index is -1.21. The van der Waals surface area contributed by atoms with Crippen molar-refractivity contribution in [2.24, 2.45) is 0 Å². The van der Waals surface area contributed by atoms with Gasteiger partial charge in [0.1, 0.15) is 11.5 Å². The lowest BCUT2D eigenvalue weighted by Crippen LogP contribution is -2.10. The Morgan fingerprint density at radius 2 is 1.86 bits per heavy atom. The van der Waals surface area contributed by atoms with Crippen LogP contribution in [0.4, 0.5) is 0 Å². The summed E-state index contributed by atoms with van der Waals surface area (Å²) < 4.78 is 15.1. The fraction of sp³-hybridized carbons (Fsp3) is 0.333. The zero-order valence-electron chi connectivity index (χ0n) is 12.4. The van der Waals surface area contributed by atoms with E-state index < -0.39 is 11.9 Å². The van der Waals surface area contributed by atoms with Crippen molar-refractivity contribution in [3.63, 3.8) is 0 Å². The molecule has 0 fully saturated rings. The zero-order valence-corrected chi connectivity index (χ0v) is 12.4. The predicted molar refractivity (Wildman–Crippen MR) is 75.7 cm³/mol. The average Bonchev–Trinajstić information content (AvgIpc) is 2.44. The van der Waals surface area contributed by atoms with Crippen molar-refractivity contribution in [3.8, 4) is 11.5 Å². The maximum absolute atomic E-state index is 11.7. The molecule has 0 aliphatic carbocycles. The van der Waals surface area contributed by atoms with E-state index in [9.17, 15) is 9.59 Å². The molecule has 0 atom stereocenters. The summed E-state index contributed by atoms with van der Waals surface area (Å²) in [6.45, 7) is 1.84. The number of rotatable bonds is 6. The highest BCUT2D eigenvalue weighted by Gasteiger charge is 2.17. The third kappa shape index (κ3) is 4.24. The molecule has 6 nitrogen and oxygen atoms in total. The molecule has 0 radical (unpaired) electrons. The second-order valence-electron chi connectivity index (χ2n) is 4.31. The summed E-state index contributed by atoms with van der Waals surface area (Å²) in [6.07, 6.45) is 0.903. The highest BCUT2D eigenvalue weighted by atomic mass is 16.5. The van der Waals surface area contributed by atoms with Crippen LogP contribution in [-0.2, 0) is 20.7 Å². The van der Waals surface area contributed by atoms with Crippen LogP contribution in [0.15, 0.2) is 23.8 Å². The predicted octanol–water partition coefficient (Wildman–Crippen LogP) is 1.74. The van der Waals surface area contributed by atoms with Gasteiger partial charge in [0, 0.05) is 23.6 Å². The molecule has 6 heteroatoms. The lowest BCUT2D eigenvalue weighted by Gasteiger charge is -2.14. The van der Waals surface area contributed by atoms with Crippen LogP contribution in [0.5, 0.6) is 11.5 Å². The van der Waals surface area contributed by atoms with Crippen LogP contribution < -0.4 is 9.47 Å². The Kier molecular flexibility index (Phi) is 5.78. The molecule has 0 heterocycles. The van der Waals surface area contributed by atoms with Crippen LogP contribution in [0.25, 0.3) is 0 Å². The molecule has 0 aliphatic heterocycles. The lowest BCUT2D eigenvalue weighted by atomic mass is 10.0. The fourth-order valence-corrected chi connectivity index (χ4v) is 2.02. The zero-order chi connectivity index (χ0) is 16.0. The topological polar surface area (TPSA) is 82.1 Å². The monoisotopic (exact) mass is 294 g/mol. The molecular formula is C15H18O6. The van der Waals surface area contributed by atoms with Crippen molar-refractivity contribution in [2.45, 2.75) is 13.3 Å². The summed E-state index contributed by atoms with van der Waals surface area (Å²) in [5.74, 6) is -0.729. The molecule has 21 heavy (non-hydrogen) atoms. The lowest BCUT2D eigenvalue weighted by molar-refractivity contribution is -0.137. The van der Waals surface area contributed by atoms with Gasteiger partial charge in [-0.25, -0.2) is 9.59 Å². The number of hydrogen-bond acceptors (Lipinski definition) is 5. The number of carbonyl (C=O) groups is 2. The van der Waals surface area contributed by atoms with Crippen molar-refractivity contribution in [2.75, 3.05) is 21.3 Å². The average molecular weight is 294 g/mol. The van der Waals surface area contributed by atoms with Crippen LogP contribution >= 0.6 is 0 Å². The number of carbonyl (C=O) groups excluding carboxylic acids is 1. The summed E-state index contributed by atoms with van der Waals surface area (Å²) in [4.78, 5) is 22.5. The molecule has 0 amide bonds. The van der Waals surface area contributed by atoms with Crippen LogP contribution in [0.1, 0.15) is 11.1 Å². The van der Waals surface area contributed by atoms with E-state index in [4.69, 9.17) is 14.6 Å². The van der Waals surface area contributed by atoms with E-state index in [1.165, 1.54) is 21.3 Å². The van der Waals surface area contributed by atoms with E-state index in [1.807, 2.05) is 6.92 Å². The Morgan fingerprint density at radius 1 is 1.19 bits per heavy atom. The standard InChI is InChI=1S/C15H18O6/c1-9-5-12(19-2)7-10(14(9)20-3)6-11(8-13(16)17)15(18)21-4/h5,7-8H,6H2,1-4H3,(H,16,17). The highest BCUT2D eigenvalue weighted by Crippen LogP contribution is 2.30. The Hall–Kier alpha value is -2.50. The van der Waals surface area contributed by atoms with Gasteiger partial charge < -0.3 is 19.3 Å². The van der Waals surface area contributed by atoms with Gasteiger partial charge in [0.25, 0.3) is 0 Å². The number of ether oxygens (including phenoxy) is 3. The smallest absolute Gasteiger partial charge is 0.334 e. The molecule has 0 aliphatic rings. The Labute approximate surface area is 122 Å². The first-order valence-electron chi connectivity index (χ1n) is 6.16. The van der Waals surface area contributed by atoms with Gasteiger partial charge in [0.15, 0.2) is 0 Å². The minimum absolute atomic E-state index is 0.0240. The number of methoxy groups -OCH3 is 3. The first-order valence-corrected chi connectivity index (χ1v) is 6.16. The van der Waals surface area contributed by atoms with E-state index in [-0.39, 0.29) is 12.0 Å². The van der Waals surface area contributed by atoms with Crippen LogP contribution in [0.2, 0.25) is 0 Å². The number of aliphatic carboxylic acids is 1. The Balaban J connectivity index is 3.28. The quantitative estimate of drug-likeness (QED) is 0.635. The van der Waals surface area contributed by atoms with E-state index in [0.29, 0.717) is 17.1 Å². The van der Waals surface area contributed by atoms with Crippen LogP contribution in [0, 0.1) is 6.92 Å². The van der Waals surface area contributed by atoms with Crippen molar-refractivity contribution in [3.05, 3.63) is 34.9 Å². The van der Waals surface area contributed by atoms with Crippen molar-refractivity contribution < 1.29 is 28.9 Å². The van der Waals surface area contributed by atoms with E-state index in [2.05, 4.69) is 4.74 Å². The normalized spacial score (nSPS) is 11.0. The number of carboxylic acids is 1. The van der Waals surface area contributed by atoms with Gasteiger partial charge in [-0.15, -0.1) is 0 Å². The van der Waals surface area contributed by atoms with Crippen molar-refractivity contribution >= 4 is 11.9 Å². The minimum Gasteiger partial charge on any atom is -0.497 e. The summed E-state index contributed by atoms with van der Waals surface area (Å²) in [5.41, 5.74) is 1.49. The number of hydrogen-bond donors (Lipinski definition) is 1. The van der Waals surface area contributed by atoms with Crippen molar-refractivity contribution in [1.29, 1.82) is 0 Å². The second kappa shape index (κ2) is 7.33. The Morgan fingerprint density at radius 3 is 2.33 bits per heavy atom. The van der Waals surface area contributed by atoms with E-state index in [0.717, 1.165) is 11.6 Å². The fourth-order valence-electron chi connectivity index (χ4n) is 2.02. The third-order valence-corrected chi connectivity index (χ3v) is 2.89.